The SMILES string of the molecule is Cc1sc(C(C)N)nc1-c1ccc(Cl)cc1.Cl. The lowest BCUT2D eigenvalue weighted by Crippen LogP contribution is -2.03. The molecule has 0 saturated carbocycles. The fourth-order valence-electron chi connectivity index (χ4n) is 1.49. The third-order valence-electron chi connectivity index (χ3n) is 2.32. The van der Waals surface area contributed by atoms with E-state index in [9.17, 15) is 0 Å². The Morgan fingerprint density at radius 1 is 1.29 bits per heavy atom. The molecule has 2 aromatic rings. The van der Waals surface area contributed by atoms with Crippen LogP contribution in [0.5, 0.6) is 0 Å². The van der Waals surface area contributed by atoms with Crippen molar-refractivity contribution in [2.45, 2.75) is 19.9 Å². The Bertz CT molecular complexity index is 492. The van der Waals surface area contributed by atoms with Crippen LogP contribution in [0.3, 0.4) is 0 Å². The van der Waals surface area contributed by atoms with E-state index in [0.29, 0.717) is 0 Å². The van der Waals surface area contributed by atoms with E-state index in [1.54, 1.807) is 11.3 Å². The molecule has 17 heavy (non-hydrogen) atoms. The number of hydrogen-bond acceptors (Lipinski definition) is 3. The Morgan fingerprint density at radius 2 is 1.88 bits per heavy atom. The second kappa shape index (κ2) is 5.83. The molecule has 0 fully saturated rings. The fraction of sp³-hybridized carbons (Fsp3) is 0.250. The van der Waals surface area contributed by atoms with Gasteiger partial charge in [0.05, 0.1) is 11.7 Å². The van der Waals surface area contributed by atoms with Gasteiger partial charge in [0.15, 0.2) is 0 Å². The highest BCUT2D eigenvalue weighted by molar-refractivity contribution is 7.12. The van der Waals surface area contributed by atoms with Crippen LogP contribution in [0.25, 0.3) is 11.3 Å². The van der Waals surface area contributed by atoms with Crippen molar-refractivity contribution in [2.75, 3.05) is 0 Å². The minimum Gasteiger partial charge on any atom is -0.322 e. The summed E-state index contributed by atoms with van der Waals surface area (Å²) in [6.45, 7) is 4.01. The maximum absolute atomic E-state index is 5.86. The average molecular weight is 289 g/mol. The van der Waals surface area contributed by atoms with E-state index < -0.39 is 0 Å². The Morgan fingerprint density at radius 3 is 2.35 bits per heavy atom. The van der Waals surface area contributed by atoms with Gasteiger partial charge >= 0.3 is 0 Å². The summed E-state index contributed by atoms with van der Waals surface area (Å²) in [5.74, 6) is 0. The number of nitrogens with two attached hydrogens (primary N) is 1. The van der Waals surface area contributed by atoms with E-state index >= 15 is 0 Å². The molecule has 0 bridgehead atoms. The van der Waals surface area contributed by atoms with Gasteiger partial charge in [-0.1, -0.05) is 23.7 Å². The van der Waals surface area contributed by atoms with Crippen LogP contribution in [0.15, 0.2) is 24.3 Å². The monoisotopic (exact) mass is 288 g/mol. The Balaban J connectivity index is 0.00000144. The number of aromatic nitrogens is 1. The molecule has 0 aliphatic rings. The minimum absolute atomic E-state index is 0. The first kappa shape index (κ1) is 14.5. The van der Waals surface area contributed by atoms with Gasteiger partial charge in [0.1, 0.15) is 5.01 Å². The lowest BCUT2D eigenvalue weighted by atomic mass is 10.1. The number of hydrogen-bond donors (Lipinski definition) is 1. The lowest BCUT2D eigenvalue weighted by Gasteiger charge is -1.99. The molecule has 0 aliphatic carbocycles. The summed E-state index contributed by atoms with van der Waals surface area (Å²) in [6.07, 6.45) is 0. The molecule has 1 heterocycles. The molecular weight excluding hydrogens is 275 g/mol. The first-order valence-corrected chi connectivity index (χ1v) is 6.26. The second-order valence-corrected chi connectivity index (χ2v) is 5.42. The first-order valence-electron chi connectivity index (χ1n) is 5.07. The van der Waals surface area contributed by atoms with Crippen molar-refractivity contribution in [1.29, 1.82) is 0 Å². The molecule has 2 N–H and O–H groups in total. The van der Waals surface area contributed by atoms with Crippen LogP contribution in [-0.4, -0.2) is 4.98 Å². The van der Waals surface area contributed by atoms with E-state index in [0.717, 1.165) is 21.3 Å². The van der Waals surface area contributed by atoms with Crippen molar-refractivity contribution in [1.82, 2.24) is 4.98 Å². The molecule has 0 aliphatic heterocycles. The fourth-order valence-corrected chi connectivity index (χ4v) is 2.51. The van der Waals surface area contributed by atoms with Crippen molar-refractivity contribution in [2.24, 2.45) is 5.73 Å². The zero-order chi connectivity index (χ0) is 11.7. The number of aryl methyl sites for hydroxylation is 1. The molecule has 0 amide bonds. The zero-order valence-corrected chi connectivity index (χ0v) is 12.0. The molecule has 2 rings (SSSR count). The van der Waals surface area contributed by atoms with Crippen LogP contribution in [0.2, 0.25) is 5.02 Å². The van der Waals surface area contributed by atoms with E-state index in [-0.39, 0.29) is 18.4 Å². The standard InChI is InChI=1S/C12H13ClN2S.ClH/c1-7(14)12-15-11(8(2)16-12)9-3-5-10(13)6-4-9;/h3-7H,14H2,1-2H3;1H. The summed E-state index contributed by atoms with van der Waals surface area (Å²) in [5.41, 5.74) is 7.92. The second-order valence-electron chi connectivity index (χ2n) is 3.75. The number of halogens is 2. The lowest BCUT2D eigenvalue weighted by molar-refractivity contribution is 0.808. The van der Waals surface area contributed by atoms with Gasteiger partial charge in [-0.2, -0.15) is 0 Å². The molecule has 1 atom stereocenters. The quantitative estimate of drug-likeness (QED) is 0.899. The van der Waals surface area contributed by atoms with Crippen molar-refractivity contribution < 1.29 is 0 Å². The first-order chi connectivity index (χ1) is 7.58. The van der Waals surface area contributed by atoms with Crippen molar-refractivity contribution >= 4 is 35.3 Å². The van der Waals surface area contributed by atoms with Gasteiger partial charge in [0.2, 0.25) is 0 Å². The summed E-state index contributed by atoms with van der Waals surface area (Å²) in [7, 11) is 0. The largest absolute Gasteiger partial charge is 0.322 e. The van der Waals surface area contributed by atoms with Crippen molar-refractivity contribution in [3.05, 3.63) is 39.2 Å². The van der Waals surface area contributed by atoms with Crippen molar-refractivity contribution in [3.8, 4) is 11.3 Å². The summed E-state index contributed by atoms with van der Waals surface area (Å²) in [4.78, 5) is 5.75. The smallest absolute Gasteiger partial charge is 0.110 e. The predicted octanol–water partition coefficient (Wildman–Crippen LogP) is 4.21. The highest BCUT2D eigenvalue weighted by atomic mass is 35.5. The van der Waals surface area contributed by atoms with E-state index in [2.05, 4.69) is 11.9 Å². The molecule has 1 aromatic heterocycles. The number of nitrogens with zero attached hydrogens (tertiary/aromatic N) is 1. The Hall–Kier alpha value is -0.610. The van der Waals surface area contributed by atoms with E-state index in [1.807, 2.05) is 31.2 Å². The van der Waals surface area contributed by atoms with Gasteiger partial charge in [-0.25, -0.2) is 4.98 Å². The van der Waals surface area contributed by atoms with Crippen LogP contribution in [0.1, 0.15) is 22.9 Å². The van der Waals surface area contributed by atoms with E-state index in [4.69, 9.17) is 17.3 Å². The maximum Gasteiger partial charge on any atom is 0.110 e. The van der Waals surface area contributed by atoms with Gasteiger partial charge < -0.3 is 5.73 Å². The number of benzene rings is 1. The van der Waals surface area contributed by atoms with Gasteiger partial charge in [0, 0.05) is 15.5 Å². The van der Waals surface area contributed by atoms with Gasteiger partial charge in [-0.05, 0) is 26.0 Å². The molecular formula is C12H14Cl2N2S. The molecule has 1 aromatic carbocycles. The number of thiazole rings is 1. The predicted molar refractivity (Wildman–Crippen MR) is 77.1 cm³/mol. The molecule has 0 saturated heterocycles. The highest BCUT2D eigenvalue weighted by Crippen LogP contribution is 2.30. The maximum atomic E-state index is 5.86. The topological polar surface area (TPSA) is 38.9 Å². The summed E-state index contributed by atoms with van der Waals surface area (Å²) in [6, 6.07) is 7.71. The normalized spacial score (nSPS) is 12.0. The molecule has 2 nitrogen and oxygen atoms in total. The Kier molecular flexibility index (Phi) is 4.95. The third-order valence-corrected chi connectivity index (χ3v) is 3.74. The van der Waals surface area contributed by atoms with Crippen LogP contribution < -0.4 is 5.73 Å². The van der Waals surface area contributed by atoms with Crippen LogP contribution in [0, 0.1) is 6.92 Å². The molecule has 1 unspecified atom stereocenters. The Labute approximate surface area is 116 Å². The van der Waals surface area contributed by atoms with Gasteiger partial charge in [-0.3, -0.25) is 0 Å². The molecule has 5 heteroatoms. The molecule has 92 valence electrons. The summed E-state index contributed by atoms with van der Waals surface area (Å²) >= 11 is 7.51. The van der Waals surface area contributed by atoms with Gasteiger partial charge in [-0.15, -0.1) is 23.7 Å². The zero-order valence-electron chi connectivity index (χ0n) is 9.61. The highest BCUT2D eigenvalue weighted by Gasteiger charge is 2.11. The van der Waals surface area contributed by atoms with Crippen LogP contribution in [0.4, 0.5) is 0 Å². The van der Waals surface area contributed by atoms with E-state index in [1.165, 1.54) is 4.88 Å². The average Bonchev–Trinajstić information content (AvgIpc) is 2.62. The molecule has 0 spiro atoms. The van der Waals surface area contributed by atoms with Crippen LogP contribution in [-0.2, 0) is 0 Å². The van der Waals surface area contributed by atoms with Gasteiger partial charge in [0.25, 0.3) is 0 Å². The minimum atomic E-state index is -0.00949. The summed E-state index contributed by atoms with van der Waals surface area (Å²) < 4.78 is 0. The third kappa shape index (κ3) is 3.19. The molecule has 0 radical (unpaired) electrons. The van der Waals surface area contributed by atoms with Crippen molar-refractivity contribution in [3.63, 3.8) is 0 Å². The summed E-state index contributed by atoms with van der Waals surface area (Å²) in [5, 5.41) is 1.71. The van der Waals surface area contributed by atoms with Crippen LogP contribution >= 0.6 is 35.3 Å². The number of rotatable bonds is 2.